The molecule has 1 fully saturated rings. The van der Waals surface area contributed by atoms with E-state index >= 15 is 0 Å². The third kappa shape index (κ3) is 2.29. The molecule has 0 aromatic carbocycles. The lowest BCUT2D eigenvalue weighted by Crippen LogP contribution is -2.37. The van der Waals surface area contributed by atoms with Crippen LogP contribution in [0.15, 0.2) is 0 Å². The molecule has 0 aliphatic carbocycles. The number of hydrogen-bond donors (Lipinski definition) is 1. The van der Waals surface area contributed by atoms with Gasteiger partial charge >= 0.3 is 5.97 Å². The number of tetrazole rings is 1. The fourth-order valence-corrected chi connectivity index (χ4v) is 2.15. The predicted molar refractivity (Wildman–Crippen MR) is 56.0 cm³/mol. The molecular weight excluding hydrogens is 210 g/mol. The van der Waals surface area contributed by atoms with Crippen LogP contribution in [-0.4, -0.2) is 44.4 Å². The molecule has 0 amide bonds. The number of carbonyl (C=O) groups is 1. The van der Waals surface area contributed by atoms with Crippen LogP contribution in [0, 0.1) is 5.92 Å². The van der Waals surface area contributed by atoms with E-state index in [4.69, 9.17) is 5.11 Å². The van der Waals surface area contributed by atoms with Gasteiger partial charge in [-0.3, -0.25) is 4.79 Å². The van der Waals surface area contributed by atoms with Gasteiger partial charge in [-0.1, -0.05) is 5.10 Å². The first kappa shape index (κ1) is 10.8. The van der Waals surface area contributed by atoms with Crippen LogP contribution in [0.4, 0.5) is 5.95 Å². The number of hydrogen-bond acceptors (Lipinski definition) is 5. The SMILES string of the molecule is Cn1nnnc1N1CCCC(CC(=O)O)C1. The number of aromatic nitrogens is 4. The van der Waals surface area contributed by atoms with Gasteiger partial charge in [-0.25, -0.2) is 4.68 Å². The molecule has 7 heteroatoms. The molecule has 2 heterocycles. The van der Waals surface area contributed by atoms with Crippen molar-refractivity contribution in [3.8, 4) is 0 Å². The Morgan fingerprint density at radius 3 is 3.06 bits per heavy atom. The first-order chi connectivity index (χ1) is 7.66. The standard InChI is InChI=1S/C9H15N5O2/c1-13-9(10-11-12-13)14-4-2-3-7(6-14)5-8(15)16/h7H,2-6H2,1H3,(H,15,16). The van der Waals surface area contributed by atoms with E-state index in [2.05, 4.69) is 20.4 Å². The van der Waals surface area contributed by atoms with Crippen molar-refractivity contribution in [2.75, 3.05) is 18.0 Å². The second-order valence-corrected chi connectivity index (χ2v) is 4.15. The molecule has 1 atom stereocenters. The maximum atomic E-state index is 10.7. The van der Waals surface area contributed by atoms with Crippen LogP contribution in [0.25, 0.3) is 0 Å². The van der Waals surface area contributed by atoms with Gasteiger partial charge in [-0.15, -0.1) is 0 Å². The molecule has 1 aromatic rings. The van der Waals surface area contributed by atoms with Crippen molar-refractivity contribution in [2.45, 2.75) is 19.3 Å². The van der Waals surface area contributed by atoms with Crippen LogP contribution >= 0.6 is 0 Å². The summed E-state index contributed by atoms with van der Waals surface area (Å²) in [7, 11) is 1.79. The minimum absolute atomic E-state index is 0.197. The lowest BCUT2D eigenvalue weighted by Gasteiger charge is -2.31. The van der Waals surface area contributed by atoms with Crippen LogP contribution in [0.1, 0.15) is 19.3 Å². The summed E-state index contributed by atoms with van der Waals surface area (Å²) >= 11 is 0. The summed E-state index contributed by atoms with van der Waals surface area (Å²) in [5, 5.41) is 20.1. The normalized spacial score (nSPS) is 21.1. The van der Waals surface area contributed by atoms with E-state index in [-0.39, 0.29) is 12.3 Å². The Bertz CT molecular complexity index is 378. The molecule has 1 N–H and O–H groups in total. The van der Waals surface area contributed by atoms with Crippen LogP contribution in [0.5, 0.6) is 0 Å². The number of nitrogens with zero attached hydrogens (tertiary/aromatic N) is 5. The maximum absolute atomic E-state index is 10.7. The van der Waals surface area contributed by atoms with Gasteiger partial charge in [0.15, 0.2) is 0 Å². The molecule has 0 saturated carbocycles. The van der Waals surface area contributed by atoms with Gasteiger partial charge in [-0.05, 0) is 29.2 Å². The van der Waals surface area contributed by atoms with E-state index in [0.29, 0.717) is 0 Å². The van der Waals surface area contributed by atoms with E-state index in [0.717, 1.165) is 31.9 Å². The Morgan fingerprint density at radius 2 is 2.44 bits per heavy atom. The van der Waals surface area contributed by atoms with Gasteiger partial charge in [-0.2, -0.15) is 0 Å². The highest BCUT2D eigenvalue weighted by Gasteiger charge is 2.24. The zero-order valence-corrected chi connectivity index (χ0v) is 9.20. The fourth-order valence-electron chi connectivity index (χ4n) is 2.15. The quantitative estimate of drug-likeness (QED) is 0.773. The molecule has 16 heavy (non-hydrogen) atoms. The minimum Gasteiger partial charge on any atom is -0.481 e. The lowest BCUT2D eigenvalue weighted by atomic mass is 9.95. The number of piperidine rings is 1. The molecule has 2 rings (SSSR count). The zero-order chi connectivity index (χ0) is 11.5. The molecule has 1 saturated heterocycles. The molecule has 0 radical (unpaired) electrons. The average molecular weight is 225 g/mol. The summed E-state index contributed by atoms with van der Waals surface area (Å²) in [5.41, 5.74) is 0. The zero-order valence-electron chi connectivity index (χ0n) is 9.20. The minimum atomic E-state index is -0.733. The summed E-state index contributed by atoms with van der Waals surface area (Å²) in [4.78, 5) is 12.7. The number of carboxylic acid groups (broad SMARTS) is 1. The molecule has 7 nitrogen and oxygen atoms in total. The first-order valence-corrected chi connectivity index (χ1v) is 5.36. The predicted octanol–water partition coefficient (Wildman–Crippen LogP) is -0.0988. The maximum Gasteiger partial charge on any atom is 0.303 e. The summed E-state index contributed by atoms with van der Waals surface area (Å²) in [5.74, 6) is 0.181. The van der Waals surface area contributed by atoms with Crippen LogP contribution in [-0.2, 0) is 11.8 Å². The van der Waals surface area contributed by atoms with Crippen LogP contribution in [0.2, 0.25) is 0 Å². The second-order valence-electron chi connectivity index (χ2n) is 4.15. The Labute approximate surface area is 93.0 Å². The third-order valence-corrected chi connectivity index (χ3v) is 2.86. The smallest absolute Gasteiger partial charge is 0.303 e. The monoisotopic (exact) mass is 225 g/mol. The molecule has 88 valence electrons. The average Bonchev–Trinajstić information content (AvgIpc) is 2.64. The number of aliphatic carboxylic acids is 1. The second kappa shape index (κ2) is 4.46. The van der Waals surface area contributed by atoms with Crippen molar-refractivity contribution >= 4 is 11.9 Å². The molecule has 1 aliphatic rings. The summed E-state index contributed by atoms with van der Waals surface area (Å²) in [6.45, 7) is 1.62. The number of anilines is 1. The Kier molecular flexibility index (Phi) is 3.02. The number of carboxylic acids is 1. The van der Waals surface area contributed by atoms with Crippen molar-refractivity contribution in [3.63, 3.8) is 0 Å². The molecular formula is C9H15N5O2. The van der Waals surface area contributed by atoms with Crippen molar-refractivity contribution in [1.29, 1.82) is 0 Å². The highest BCUT2D eigenvalue weighted by Crippen LogP contribution is 2.22. The Balaban J connectivity index is 2.02. The fraction of sp³-hybridized carbons (Fsp3) is 0.778. The summed E-state index contributed by atoms with van der Waals surface area (Å²) in [6, 6.07) is 0. The molecule has 0 spiro atoms. The topological polar surface area (TPSA) is 84.1 Å². The van der Waals surface area contributed by atoms with Crippen molar-refractivity contribution in [2.24, 2.45) is 13.0 Å². The van der Waals surface area contributed by atoms with E-state index in [1.54, 1.807) is 11.7 Å². The van der Waals surface area contributed by atoms with Crippen LogP contribution < -0.4 is 4.90 Å². The highest BCUT2D eigenvalue weighted by atomic mass is 16.4. The largest absolute Gasteiger partial charge is 0.481 e. The van der Waals surface area contributed by atoms with E-state index in [1.807, 2.05) is 0 Å². The van der Waals surface area contributed by atoms with Gasteiger partial charge in [0.05, 0.1) is 0 Å². The van der Waals surface area contributed by atoms with Crippen molar-refractivity contribution in [1.82, 2.24) is 20.2 Å². The van der Waals surface area contributed by atoms with Gasteiger partial charge in [0.2, 0.25) is 5.95 Å². The highest BCUT2D eigenvalue weighted by molar-refractivity contribution is 5.67. The summed E-state index contributed by atoms with van der Waals surface area (Å²) in [6.07, 6.45) is 2.18. The van der Waals surface area contributed by atoms with Gasteiger partial charge in [0, 0.05) is 26.6 Å². The van der Waals surface area contributed by atoms with Crippen molar-refractivity contribution < 1.29 is 9.90 Å². The molecule has 1 unspecified atom stereocenters. The first-order valence-electron chi connectivity index (χ1n) is 5.36. The molecule has 0 bridgehead atoms. The van der Waals surface area contributed by atoms with Gasteiger partial charge in [0.25, 0.3) is 0 Å². The third-order valence-electron chi connectivity index (χ3n) is 2.86. The Hall–Kier alpha value is -1.66. The molecule has 1 aliphatic heterocycles. The van der Waals surface area contributed by atoms with E-state index in [1.165, 1.54) is 0 Å². The van der Waals surface area contributed by atoms with E-state index in [9.17, 15) is 4.79 Å². The van der Waals surface area contributed by atoms with Crippen LogP contribution in [0.3, 0.4) is 0 Å². The van der Waals surface area contributed by atoms with E-state index < -0.39 is 5.97 Å². The van der Waals surface area contributed by atoms with Gasteiger partial charge < -0.3 is 10.0 Å². The molecule has 1 aromatic heterocycles. The summed E-state index contributed by atoms with van der Waals surface area (Å²) < 4.78 is 1.61. The Morgan fingerprint density at radius 1 is 1.62 bits per heavy atom. The lowest BCUT2D eigenvalue weighted by molar-refractivity contribution is -0.138. The number of aryl methyl sites for hydroxylation is 1. The van der Waals surface area contributed by atoms with Gasteiger partial charge in [0.1, 0.15) is 0 Å². The number of rotatable bonds is 3. The van der Waals surface area contributed by atoms with Crippen molar-refractivity contribution in [3.05, 3.63) is 0 Å².